The van der Waals surface area contributed by atoms with Crippen LogP contribution in [0.1, 0.15) is 26.2 Å². The van der Waals surface area contributed by atoms with Crippen LogP contribution in [-0.4, -0.2) is 47.7 Å². The Hall–Kier alpha value is -1.10. The van der Waals surface area contributed by atoms with Gasteiger partial charge >= 0.3 is 5.97 Å². The fraction of sp³-hybridized carbons (Fsp3) is 0.833. The molecular formula is C12H19NO4. The van der Waals surface area contributed by atoms with Crippen LogP contribution in [0.5, 0.6) is 0 Å². The third-order valence-electron chi connectivity index (χ3n) is 3.59. The summed E-state index contributed by atoms with van der Waals surface area (Å²) in [5, 5.41) is 8.87. The largest absolute Gasteiger partial charge is 0.481 e. The zero-order valence-corrected chi connectivity index (χ0v) is 10.1. The highest BCUT2D eigenvalue weighted by Crippen LogP contribution is 2.36. The number of carbonyl (C=O) groups is 2. The van der Waals surface area contributed by atoms with Gasteiger partial charge in [-0.3, -0.25) is 9.59 Å². The van der Waals surface area contributed by atoms with Crippen LogP contribution in [0.15, 0.2) is 0 Å². The first-order valence-electron chi connectivity index (χ1n) is 6.26. The highest BCUT2D eigenvalue weighted by atomic mass is 16.5. The van der Waals surface area contributed by atoms with Gasteiger partial charge in [-0.05, 0) is 26.2 Å². The molecule has 5 nitrogen and oxygen atoms in total. The highest BCUT2D eigenvalue weighted by molar-refractivity contribution is 5.82. The smallest absolute Gasteiger partial charge is 0.306 e. The molecule has 1 amide bonds. The molecule has 1 heterocycles. The Bertz CT molecular complexity index is 310. The lowest BCUT2D eigenvalue weighted by Gasteiger charge is -2.30. The number of piperidine rings is 1. The van der Waals surface area contributed by atoms with Gasteiger partial charge in [-0.15, -0.1) is 0 Å². The molecule has 2 fully saturated rings. The van der Waals surface area contributed by atoms with E-state index in [1.807, 2.05) is 6.92 Å². The molecule has 17 heavy (non-hydrogen) atoms. The fourth-order valence-corrected chi connectivity index (χ4v) is 2.41. The highest BCUT2D eigenvalue weighted by Gasteiger charge is 2.46. The summed E-state index contributed by atoms with van der Waals surface area (Å²) in [5.74, 6) is -0.847. The Morgan fingerprint density at radius 1 is 1.35 bits per heavy atom. The topological polar surface area (TPSA) is 66.8 Å². The molecule has 1 N–H and O–H groups in total. The SMILES string of the molecule is CCO[C@H]1C[C@@H]1C(=O)N1CCC(C(=O)O)CC1. The van der Waals surface area contributed by atoms with Gasteiger partial charge in [-0.25, -0.2) is 0 Å². The minimum atomic E-state index is -0.740. The van der Waals surface area contributed by atoms with Gasteiger partial charge in [0.05, 0.1) is 17.9 Å². The van der Waals surface area contributed by atoms with E-state index >= 15 is 0 Å². The van der Waals surface area contributed by atoms with E-state index in [4.69, 9.17) is 9.84 Å². The van der Waals surface area contributed by atoms with Crippen LogP contribution in [-0.2, 0) is 14.3 Å². The zero-order valence-electron chi connectivity index (χ0n) is 10.1. The molecule has 1 saturated carbocycles. The van der Waals surface area contributed by atoms with Crippen molar-refractivity contribution in [2.75, 3.05) is 19.7 Å². The zero-order chi connectivity index (χ0) is 12.4. The van der Waals surface area contributed by atoms with Gasteiger partial charge < -0.3 is 14.7 Å². The summed E-state index contributed by atoms with van der Waals surface area (Å²) in [7, 11) is 0. The molecule has 1 aliphatic carbocycles. The van der Waals surface area contributed by atoms with E-state index < -0.39 is 5.97 Å². The molecule has 2 rings (SSSR count). The Morgan fingerprint density at radius 2 is 2.00 bits per heavy atom. The van der Waals surface area contributed by atoms with E-state index in [9.17, 15) is 9.59 Å². The minimum Gasteiger partial charge on any atom is -0.481 e. The maximum absolute atomic E-state index is 12.0. The summed E-state index contributed by atoms with van der Waals surface area (Å²) in [6.45, 7) is 3.73. The van der Waals surface area contributed by atoms with E-state index in [0.717, 1.165) is 6.42 Å². The van der Waals surface area contributed by atoms with Crippen LogP contribution in [0.3, 0.4) is 0 Å². The number of amides is 1. The number of nitrogens with zero attached hydrogens (tertiary/aromatic N) is 1. The van der Waals surface area contributed by atoms with Crippen molar-refractivity contribution in [1.29, 1.82) is 0 Å². The number of rotatable bonds is 4. The molecule has 0 radical (unpaired) electrons. The van der Waals surface area contributed by atoms with Gasteiger partial charge in [0.1, 0.15) is 0 Å². The fourth-order valence-electron chi connectivity index (χ4n) is 2.41. The second-order valence-corrected chi connectivity index (χ2v) is 4.77. The van der Waals surface area contributed by atoms with Crippen molar-refractivity contribution in [3.8, 4) is 0 Å². The van der Waals surface area contributed by atoms with E-state index in [1.165, 1.54) is 0 Å². The number of hydrogen-bond donors (Lipinski definition) is 1. The van der Waals surface area contributed by atoms with E-state index in [2.05, 4.69) is 0 Å². The monoisotopic (exact) mass is 241 g/mol. The molecular weight excluding hydrogens is 222 g/mol. The lowest BCUT2D eigenvalue weighted by molar-refractivity contribution is -0.146. The molecule has 0 unspecified atom stereocenters. The number of carboxylic acid groups (broad SMARTS) is 1. The molecule has 0 aromatic carbocycles. The van der Waals surface area contributed by atoms with Gasteiger partial charge in [-0.2, -0.15) is 0 Å². The van der Waals surface area contributed by atoms with Crippen molar-refractivity contribution in [2.45, 2.75) is 32.3 Å². The Kier molecular flexibility index (Phi) is 3.66. The van der Waals surface area contributed by atoms with Gasteiger partial charge in [-0.1, -0.05) is 0 Å². The van der Waals surface area contributed by atoms with Crippen LogP contribution >= 0.6 is 0 Å². The van der Waals surface area contributed by atoms with Crippen LogP contribution in [0, 0.1) is 11.8 Å². The molecule has 96 valence electrons. The lowest BCUT2D eigenvalue weighted by Crippen LogP contribution is -2.41. The minimum absolute atomic E-state index is 0.0244. The van der Waals surface area contributed by atoms with Crippen LogP contribution in [0.2, 0.25) is 0 Å². The van der Waals surface area contributed by atoms with Gasteiger partial charge in [0, 0.05) is 19.7 Å². The average Bonchev–Trinajstić information content (AvgIpc) is 3.08. The van der Waals surface area contributed by atoms with Crippen LogP contribution < -0.4 is 0 Å². The Balaban J connectivity index is 1.78. The standard InChI is InChI=1S/C12H19NO4/c1-2-17-10-7-9(10)11(14)13-5-3-8(4-6-13)12(15)16/h8-10H,2-7H2,1H3,(H,15,16)/t9-,10-/m0/s1. The third-order valence-corrected chi connectivity index (χ3v) is 3.59. The Labute approximate surface area is 101 Å². The van der Waals surface area contributed by atoms with Crippen molar-refractivity contribution < 1.29 is 19.4 Å². The summed E-state index contributed by atoms with van der Waals surface area (Å²) in [5.41, 5.74) is 0. The predicted molar refractivity (Wildman–Crippen MR) is 60.5 cm³/mol. The van der Waals surface area contributed by atoms with E-state index in [-0.39, 0.29) is 23.8 Å². The number of hydrogen-bond acceptors (Lipinski definition) is 3. The summed E-state index contributed by atoms with van der Waals surface area (Å²) < 4.78 is 5.40. The number of aliphatic carboxylic acids is 1. The summed E-state index contributed by atoms with van der Waals surface area (Å²) in [6, 6.07) is 0. The van der Waals surface area contributed by atoms with Crippen LogP contribution in [0.25, 0.3) is 0 Å². The van der Waals surface area contributed by atoms with Crippen molar-refractivity contribution in [1.82, 2.24) is 4.90 Å². The molecule has 0 aromatic heterocycles. The van der Waals surface area contributed by atoms with E-state index in [0.29, 0.717) is 32.5 Å². The molecule has 0 spiro atoms. The number of likely N-dealkylation sites (tertiary alicyclic amines) is 1. The molecule has 0 aromatic rings. The second kappa shape index (κ2) is 5.04. The number of carboxylic acids is 1. The molecule has 0 bridgehead atoms. The maximum atomic E-state index is 12.0. The average molecular weight is 241 g/mol. The second-order valence-electron chi connectivity index (χ2n) is 4.77. The molecule has 1 saturated heterocycles. The van der Waals surface area contributed by atoms with E-state index in [1.54, 1.807) is 4.90 Å². The normalized spacial score (nSPS) is 29.1. The maximum Gasteiger partial charge on any atom is 0.306 e. The first-order chi connectivity index (χ1) is 8.13. The molecule has 2 atom stereocenters. The van der Waals surface area contributed by atoms with Crippen molar-refractivity contribution in [2.24, 2.45) is 11.8 Å². The van der Waals surface area contributed by atoms with Gasteiger partial charge in [0.25, 0.3) is 0 Å². The van der Waals surface area contributed by atoms with Crippen molar-refractivity contribution in [3.63, 3.8) is 0 Å². The first-order valence-corrected chi connectivity index (χ1v) is 6.26. The quantitative estimate of drug-likeness (QED) is 0.788. The number of carbonyl (C=O) groups excluding carboxylic acids is 1. The Morgan fingerprint density at radius 3 is 2.53 bits per heavy atom. The third kappa shape index (κ3) is 2.77. The first kappa shape index (κ1) is 12.4. The summed E-state index contributed by atoms with van der Waals surface area (Å²) in [4.78, 5) is 24.6. The van der Waals surface area contributed by atoms with Crippen LogP contribution in [0.4, 0.5) is 0 Å². The van der Waals surface area contributed by atoms with Crippen molar-refractivity contribution >= 4 is 11.9 Å². The summed E-state index contributed by atoms with van der Waals surface area (Å²) in [6.07, 6.45) is 2.08. The lowest BCUT2D eigenvalue weighted by atomic mass is 9.97. The molecule has 1 aliphatic heterocycles. The predicted octanol–water partition coefficient (Wildman–Crippen LogP) is 0.735. The summed E-state index contributed by atoms with van der Waals surface area (Å²) >= 11 is 0. The van der Waals surface area contributed by atoms with Gasteiger partial charge in [0.15, 0.2) is 0 Å². The number of ether oxygens (including phenoxy) is 1. The molecule has 5 heteroatoms. The van der Waals surface area contributed by atoms with Gasteiger partial charge in [0.2, 0.25) is 5.91 Å². The molecule has 2 aliphatic rings. The van der Waals surface area contributed by atoms with Crippen molar-refractivity contribution in [3.05, 3.63) is 0 Å².